The van der Waals surface area contributed by atoms with Crippen molar-refractivity contribution in [1.29, 1.82) is 0 Å². The van der Waals surface area contributed by atoms with E-state index < -0.39 is 17.7 Å². The number of esters is 1. The predicted molar refractivity (Wildman–Crippen MR) is 87.1 cm³/mol. The molecule has 1 aromatic carbocycles. The van der Waals surface area contributed by atoms with Crippen molar-refractivity contribution in [3.8, 4) is 0 Å². The van der Waals surface area contributed by atoms with Gasteiger partial charge in [0, 0.05) is 20.4 Å². The van der Waals surface area contributed by atoms with Crippen LogP contribution < -0.4 is 5.32 Å². The van der Waals surface area contributed by atoms with Crippen molar-refractivity contribution < 1.29 is 19.1 Å². The van der Waals surface area contributed by atoms with E-state index in [4.69, 9.17) is 32.7 Å². The summed E-state index contributed by atoms with van der Waals surface area (Å²) in [6.07, 6.45) is 2.58. The molecule has 0 atom stereocenters. The molecule has 0 spiro atoms. The number of halogens is 2. The molecular weight excluding hydrogens is 341 g/mol. The van der Waals surface area contributed by atoms with Gasteiger partial charge in [0.2, 0.25) is 17.5 Å². The molecule has 23 heavy (non-hydrogen) atoms. The number of carbonyl (C=O) groups excluding carboxylic acids is 2. The van der Waals surface area contributed by atoms with Gasteiger partial charge in [-0.3, -0.25) is 4.79 Å². The minimum Gasteiger partial charge on any atom is -0.445 e. The topological polar surface area (TPSA) is 64.6 Å². The van der Waals surface area contributed by atoms with Crippen LogP contribution in [0, 0.1) is 0 Å². The van der Waals surface area contributed by atoms with Gasteiger partial charge in [0.25, 0.3) is 0 Å². The van der Waals surface area contributed by atoms with Gasteiger partial charge >= 0.3 is 5.97 Å². The highest BCUT2D eigenvalue weighted by atomic mass is 35.5. The van der Waals surface area contributed by atoms with Crippen molar-refractivity contribution in [1.82, 2.24) is 5.32 Å². The maximum Gasteiger partial charge on any atom is 0.377 e. The van der Waals surface area contributed by atoms with Crippen molar-refractivity contribution in [3.63, 3.8) is 0 Å². The van der Waals surface area contributed by atoms with Gasteiger partial charge in [-0.25, -0.2) is 4.79 Å². The maximum atomic E-state index is 11.8. The number of aryl methyl sites for hydroxylation is 1. The smallest absolute Gasteiger partial charge is 0.377 e. The number of rotatable bonds is 5. The van der Waals surface area contributed by atoms with E-state index in [-0.39, 0.29) is 5.76 Å². The van der Waals surface area contributed by atoms with Gasteiger partial charge in [-0.1, -0.05) is 29.3 Å². The summed E-state index contributed by atoms with van der Waals surface area (Å²) in [7, 11) is 0. The fourth-order valence-electron chi connectivity index (χ4n) is 2.06. The number of nitrogens with one attached hydrogen (secondary N) is 1. The molecule has 7 heteroatoms. The second kappa shape index (κ2) is 7.23. The summed E-state index contributed by atoms with van der Waals surface area (Å²) >= 11 is 11.8. The van der Waals surface area contributed by atoms with Crippen LogP contribution in [-0.4, -0.2) is 24.2 Å². The molecule has 1 amide bonds. The zero-order chi connectivity index (χ0) is 17.0. The first-order valence-electron chi connectivity index (χ1n) is 7.13. The molecule has 1 saturated heterocycles. The van der Waals surface area contributed by atoms with Crippen LogP contribution in [0.1, 0.15) is 25.8 Å². The molecule has 0 bridgehead atoms. The largest absolute Gasteiger partial charge is 0.445 e. The summed E-state index contributed by atoms with van der Waals surface area (Å²) in [5.74, 6) is -2.15. The van der Waals surface area contributed by atoms with Crippen LogP contribution in [0.25, 0.3) is 0 Å². The molecule has 5 nitrogen and oxygen atoms in total. The Morgan fingerprint density at radius 1 is 1.26 bits per heavy atom. The molecule has 1 heterocycles. The first kappa shape index (κ1) is 17.6. The van der Waals surface area contributed by atoms with Crippen LogP contribution in [0.15, 0.2) is 30.0 Å². The first-order chi connectivity index (χ1) is 10.8. The molecule has 1 aliphatic heterocycles. The van der Waals surface area contributed by atoms with Crippen molar-refractivity contribution in [2.45, 2.75) is 32.5 Å². The summed E-state index contributed by atoms with van der Waals surface area (Å²) in [6.45, 7) is 3.66. The Kier molecular flexibility index (Phi) is 5.55. The Morgan fingerprint density at radius 2 is 2.00 bits per heavy atom. The van der Waals surface area contributed by atoms with Gasteiger partial charge < -0.3 is 14.8 Å². The third kappa shape index (κ3) is 5.15. The number of carbonyl (C=O) groups is 2. The highest BCUT2D eigenvalue weighted by molar-refractivity contribution is 6.42. The first-order valence-corrected chi connectivity index (χ1v) is 7.88. The van der Waals surface area contributed by atoms with E-state index >= 15 is 0 Å². The Balaban J connectivity index is 1.77. The van der Waals surface area contributed by atoms with Gasteiger partial charge in [-0.15, -0.1) is 0 Å². The molecule has 0 radical (unpaired) electrons. The lowest BCUT2D eigenvalue weighted by Crippen LogP contribution is -2.23. The number of benzene rings is 1. The standard InChI is InChI=1S/C16H17Cl2NO4/c1-16(2)22-13(15(21)23-16)9-14(20)19-7-3-4-10-5-6-11(17)12(18)8-10/h5-6,8-9H,3-4,7H2,1-2H3,(H,19,20)/b13-9-. The van der Waals surface area contributed by atoms with Crippen LogP contribution >= 0.6 is 23.2 Å². The number of cyclic esters (lactones) is 1. The van der Waals surface area contributed by atoms with Crippen molar-refractivity contribution in [2.75, 3.05) is 6.54 Å². The summed E-state index contributed by atoms with van der Waals surface area (Å²) in [6, 6.07) is 5.44. The monoisotopic (exact) mass is 357 g/mol. The van der Waals surface area contributed by atoms with Crippen molar-refractivity contribution in [3.05, 3.63) is 45.6 Å². The van der Waals surface area contributed by atoms with Gasteiger partial charge in [0.1, 0.15) is 0 Å². The molecule has 2 rings (SSSR count). The van der Waals surface area contributed by atoms with Gasteiger partial charge in [-0.2, -0.15) is 0 Å². The van der Waals surface area contributed by atoms with E-state index in [0.717, 1.165) is 24.5 Å². The lowest BCUT2D eigenvalue weighted by molar-refractivity contribution is -0.159. The average molecular weight is 358 g/mol. The fraction of sp³-hybridized carbons (Fsp3) is 0.375. The summed E-state index contributed by atoms with van der Waals surface area (Å²) in [4.78, 5) is 23.2. The van der Waals surface area contributed by atoms with Crippen LogP contribution in [0.5, 0.6) is 0 Å². The molecule has 0 aliphatic carbocycles. The predicted octanol–water partition coefficient (Wildman–Crippen LogP) is 3.24. The molecule has 1 N–H and O–H groups in total. The van der Waals surface area contributed by atoms with E-state index in [1.165, 1.54) is 0 Å². The van der Waals surface area contributed by atoms with E-state index in [1.807, 2.05) is 6.07 Å². The van der Waals surface area contributed by atoms with Crippen LogP contribution in [0.4, 0.5) is 0 Å². The molecule has 0 unspecified atom stereocenters. The second-order valence-electron chi connectivity index (χ2n) is 5.54. The number of hydrogen-bond donors (Lipinski definition) is 1. The molecule has 1 aromatic rings. The lowest BCUT2D eigenvalue weighted by Gasteiger charge is -2.13. The Morgan fingerprint density at radius 3 is 2.61 bits per heavy atom. The van der Waals surface area contributed by atoms with E-state index in [2.05, 4.69) is 5.32 Å². The molecule has 124 valence electrons. The van der Waals surface area contributed by atoms with Crippen molar-refractivity contribution in [2.24, 2.45) is 0 Å². The number of ether oxygens (including phenoxy) is 2. The van der Waals surface area contributed by atoms with Gasteiger partial charge in [0.05, 0.1) is 16.1 Å². The number of hydrogen-bond acceptors (Lipinski definition) is 4. The molecule has 0 aromatic heterocycles. The summed E-state index contributed by atoms with van der Waals surface area (Å²) in [5.41, 5.74) is 1.04. The Labute approximate surface area is 144 Å². The molecule has 0 saturated carbocycles. The summed E-state index contributed by atoms with van der Waals surface area (Å²) in [5, 5.41) is 3.72. The quantitative estimate of drug-likeness (QED) is 0.499. The molecule has 1 fully saturated rings. The Hall–Kier alpha value is -1.72. The second-order valence-corrected chi connectivity index (χ2v) is 6.36. The maximum absolute atomic E-state index is 11.8. The molecule has 1 aliphatic rings. The zero-order valence-electron chi connectivity index (χ0n) is 12.8. The third-order valence-corrected chi connectivity index (χ3v) is 3.82. The third-order valence-electron chi connectivity index (χ3n) is 3.08. The lowest BCUT2D eigenvalue weighted by atomic mass is 10.1. The van der Waals surface area contributed by atoms with Crippen molar-refractivity contribution >= 4 is 35.1 Å². The fourth-order valence-corrected chi connectivity index (χ4v) is 2.38. The van der Waals surface area contributed by atoms with E-state index in [1.54, 1.807) is 26.0 Å². The van der Waals surface area contributed by atoms with Crippen LogP contribution in [0.2, 0.25) is 10.0 Å². The zero-order valence-corrected chi connectivity index (χ0v) is 14.3. The highest BCUT2D eigenvalue weighted by Gasteiger charge is 2.37. The highest BCUT2D eigenvalue weighted by Crippen LogP contribution is 2.26. The van der Waals surface area contributed by atoms with E-state index in [0.29, 0.717) is 16.6 Å². The Bertz CT molecular complexity index is 655. The minimum absolute atomic E-state index is 0.0861. The average Bonchev–Trinajstić information content (AvgIpc) is 2.71. The minimum atomic E-state index is -1.03. The number of amides is 1. The van der Waals surface area contributed by atoms with Gasteiger partial charge in [0.15, 0.2) is 0 Å². The van der Waals surface area contributed by atoms with E-state index in [9.17, 15) is 9.59 Å². The SMILES string of the molecule is CC1(C)OC(=O)/C(=C/C(=O)NCCCc2ccc(Cl)c(Cl)c2)O1. The van der Waals surface area contributed by atoms with Crippen LogP contribution in [-0.2, 0) is 25.5 Å². The molecular formula is C16H17Cl2NO4. The normalized spacial score (nSPS) is 17.7. The van der Waals surface area contributed by atoms with Gasteiger partial charge in [-0.05, 0) is 30.5 Å². The summed E-state index contributed by atoms with van der Waals surface area (Å²) < 4.78 is 10.2. The van der Waals surface area contributed by atoms with Crippen LogP contribution in [0.3, 0.4) is 0 Å².